The van der Waals surface area contributed by atoms with Crippen molar-refractivity contribution in [3.8, 4) is 0 Å². The van der Waals surface area contributed by atoms with E-state index in [1.54, 1.807) is 6.92 Å². The first-order valence-corrected chi connectivity index (χ1v) is 5.89. The van der Waals surface area contributed by atoms with Crippen molar-refractivity contribution in [2.75, 3.05) is 19.7 Å². The summed E-state index contributed by atoms with van der Waals surface area (Å²) in [5.41, 5.74) is 0. The summed E-state index contributed by atoms with van der Waals surface area (Å²) in [5.74, 6) is 0.486. The third kappa shape index (κ3) is 6.27. The SMILES string of the molecule is CCOC(=O)CNC(=O)NCCCC1CC1. The zero-order valence-corrected chi connectivity index (χ0v) is 9.75. The molecule has 0 bridgehead atoms. The molecule has 92 valence electrons. The highest BCUT2D eigenvalue weighted by Gasteiger charge is 2.20. The molecule has 0 aromatic rings. The molecule has 2 N–H and O–H groups in total. The molecule has 0 heterocycles. The minimum absolute atomic E-state index is 0.0672. The van der Waals surface area contributed by atoms with Crippen molar-refractivity contribution >= 4 is 12.0 Å². The van der Waals surface area contributed by atoms with Crippen LogP contribution in [0.15, 0.2) is 0 Å². The fourth-order valence-corrected chi connectivity index (χ4v) is 1.43. The van der Waals surface area contributed by atoms with Crippen LogP contribution in [0.2, 0.25) is 0 Å². The number of ether oxygens (including phenoxy) is 1. The minimum atomic E-state index is -0.407. The van der Waals surface area contributed by atoms with E-state index in [4.69, 9.17) is 0 Å². The summed E-state index contributed by atoms with van der Waals surface area (Å²) >= 11 is 0. The number of amides is 2. The van der Waals surface area contributed by atoms with Gasteiger partial charge in [0.25, 0.3) is 0 Å². The Bertz CT molecular complexity index is 239. The van der Waals surface area contributed by atoms with E-state index in [0.29, 0.717) is 13.2 Å². The molecule has 16 heavy (non-hydrogen) atoms. The summed E-state index contributed by atoms with van der Waals surface area (Å²) in [6.07, 6.45) is 4.89. The van der Waals surface area contributed by atoms with Crippen molar-refractivity contribution in [3.63, 3.8) is 0 Å². The highest BCUT2D eigenvalue weighted by atomic mass is 16.5. The van der Waals surface area contributed by atoms with Crippen molar-refractivity contribution in [3.05, 3.63) is 0 Å². The highest BCUT2D eigenvalue weighted by Crippen LogP contribution is 2.33. The molecule has 1 fully saturated rings. The predicted molar refractivity (Wildman–Crippen MR) is 60.0 cm³/mol. The van der Waals surface area contributed by atoms with E-state index in [1.807, 2.05) is 0 Å². The average Bonchev–Trinajstić information content (AvgIpc) is 3.06. The minimum Gasteiger partial charge on any atom is -0.465 e. The summed E-state index contributed by atoms with van der Waals surface area (Å²) < 4.78 is 4.68. The molecule has 0 aliphatic heterocycles. The van der Waals surface area contributed by atoms with Gasteiger partial charge in [-0.25, -0.2) is 4.79 Å². The molecule has 1 rings (SSSR count). The Kier molecular flexibility index (Phi) is 5.67. The van der Waals surface area contributed by atoms with Crippen LogP contribution in [-0.4, -0.2) is 31.7 Å². The number of rotatable bonds is 7. The molecule has 2 amide bonds. The standard InChI is InChI=1S/C11H20N2O3/c1-2-16-10(14)8-13-11(15)12-7-3-4-9-5-6-9/h9H,2-8H2,1H3,(H2,12,13,15). The quantitative estimate of drug-likeness (QED) is 0.505. The lowest BCUT2D eigenvalue weighted by atomic mass is 10.2. The molecule has 0 radical (unpaired) electrons. The van der Waals surface area contributed by atoms with E-state index in [0.717, 1.165) is 12.3 Å². The average molecular weight is 228 g/mol. The van der Waals surface area contributed by atoms with Crippen LogP contribution in [0.25, 0.3) is 0 Å². The van der Waals surface area contributed by atoms with Gasteiger partial charge in [0.2, 0.25) is 0 Å². The Morgan fingerprint density at radius 3 is 2.69 bits per heavy atom. The van der Waals surface area contributed by atoms with Crippen LogP contribution in [0.3, 0.4) is 0 Å². The number of hydrogen-bond donors (Lipinski definition) is 2. The van der Waals surface area contributed by atoms with Gasteiger partial charge in [0.15, 0.2) is 0 Å². The van der Waals surface area contributed by atoms with Crippen LogP contribution < -0.4 is 10.6 Å². The van der Waals surface area contributed by atoms with Crippen molar-refractivity contribution in [1.82, 2.24) is 10.6 Å². The van der Waals surface area contributed by atoms with Gasteiger partial charge in [-0.15, -0.1) is 0 Å². The van der Waals surface area contributed by atoms with Crippen molar-refractivity contribution in [2.45, 2.75) is 32.6 Å². The molecular formula is C11H20N2O3. The van der Waals surface area contributed by atoms with Gasteiger partial charge in [0.1, 0.15) is 6.54 Å². The van der Waals surface area contributed by atoms with Gasteiger partial charge in [-0.1, -0.05) is 12.8 Å². The third-order valence-electron chi connectivity index (χ3n) is 2.47. The molecule has 0 aromatic heterocycles. The molecule has 1 saturated carbocycles. The Morgan fingerprint density at radius 1 is 1.31 bits per heavy atom. The van der Waals surface area contributed by atoms with Crippen molar-refractivity contribution in [2.24, 2.45) is 5.92 Å². The lowest BCUT2D eigenvalue weighted by Gasteiger charge is -2.06. The molecule has 1 aliphatic carbocycles. The number of hydrogen-bond acceptors (Lipinski definition) is 3. The molecule has 0 aromatic carbocycles. The van der Waals surface area contributed by atoms with Gasteiger partial charge in [-0.05, 0) is 25.7 Å². The third-order valence-corrected chi connectivity index (χ3v) is 2.47. The van der Waals surface area contributed by atoms with Gasteiger partial charge in [-0.3, -0.25) is 4.79 Å². The van der Waals surface area contributed by atoms with Crippen LogP contribution in [0.5, 0.6) is 0 Å². The predicted octanol–water partition coefficient (Wildman–Crippen LogP) is 1.04. The monoisotopic (exact) mass is 228 g/mol. The van der Waals surface area contributed by atoms with Crippen LogP contribution in [0, 0.1) is 5.92 Å². The summed E-state index contributed by atoms with van der Waals surface area (Å²) in [5, 5.41) is 5.15. The van der Waals surface area contributed by atoms with Gasteiger partial charge in [0, 0.05) is 6.54 Å². The Balaban J connectivity index is 1.90. The zero-order chi connectivity index (χ0) is 11.8. The normalized spacial score (nSPS) is 14.3. The second-order valence-corrected chi connectivity index (χ2v) is 4.00. The van der Waals surface area contributed by atoms with E-state index in [2.05, 4.69) is 15.4 Å². The largest absolute Gasteiger partial charge is 0.465 e. The summed E-state index contributed by atoms with van der Waals surface area (Å²) in [4.78, 5) is 22.1. The van der Waals surface area contributed by atoms with Crippen LogP contribution in [0.4, 0.5) is 4.79 Å². The van der Waals surface area contributed by atoms with Gasteiger partial charge in [-0.2, -0.15) is 0 Å². The topological polar surface area (TPSA) is 67.4 Å². The molecule has 0 atom stereocenters. The van der Waals surface area contributed by atoms with E-state index in [9.17, 15) is 9.59 Å². The summed E-state index contributed by atoms with van der Waals surface area (Å²) in [7, 11) is 0. The molecule has 5 heteroatoms. The first-order valence-electron chi connectivity index (χ1n) is 5.89. The fraction of sp³-hybridized carbons (Fsp3) is 0.818. The molecule has 5 nitrogen and oxygen atoms in total. The Morgan fingerprint density at radius 2 is 2.06 bits per heavy atom. The lowest BCUT2D eigenvalue weighted by Crippen LogP contribution is -2.39. The Labute approximate surface area is 95.9 Å². The smallest absolute Gasteiger partial charge is 0.325 e. The van der Waals surface area contributed by atoms with Gasteiger partial charge in [0.05, 0.1) is 6.61 Å². The van der Waals surface area contributed by atoms with E-state index < -0.39 is 5.97 Å². The number of urea groups is 1. The van der Waals surface area contributed by atoms with Crippen LogP contribution in [-0.2, 0) is 9.53 Å². The van der Waals surface area contributed by atoms with E-state index >= 15 is 0 Å². The first-order chi connectivity index (χ1) is 7.72. The molecule has 0 saturated heterocycles. The molecule has 0 spiro atoms. The molecular weight excluding hydrogens is 208 g/mol. The highest BCUT2D eigenvalue weighted by molar-refractivity contribution is 5.80. The maximum Gasteiger partial charge on any atom is 0.325 e. The maximum absolute atomic E-state index is 11.2. The van der Waals surface area contributed by atoms with E-state index in [1.165, 1.54) is 19.3 Å². The van der Waals surface area contributed by atoms with Gasteiger partial charge < -0.3 is 15.4 Å². The molecule has 0 unspecified atom stereocenters. The second kappa shape index (κ2) is 7.09. The summed E-state index contributed by atoms with van der Waals surface area (Å²) in [6, 6.07) is -0.302. The number of carbonyl (C=O) groups excluding carboxylic acids is 2. The maximum atomic E-state index is 11.2. The first kappa shape index (κ1) is 12.8. The lowest BCUT2D eigenvalue weighted by molar-refractivity contribution is -0.141. The van der Waals surface area contributed by atoms with Gasteiger partial charge >= 0.3 is 12.0 Å². The Hall–Kier alpha value is -1.26. The van der Waals surface area contributed by atoms with Crippen LogP contribution >= 0.6 is 0 Å². The number of nitrogens with one attached hydrogen (secondary N) is 2. The van der Waals surface area contributed by atoms with Crippen molar-refractivity contribution < 1.29 is 14.3 Å². The van der Waals surface area contributed by atoms with Crippen molar-refractivity contribution in [1.29, 1.82) is 0 Å². The molecule has 1 aliphatic rings. The summed E-state index contributed by atoms with van der Waals surface area (Å²) in [6.45, 7) is 2.67. The number of esters is 1. The number of carbonyl (C=O) groups is 2. The zero-order valence-electron chi connectivity index (χ0n) is 9.75. The second-order valence-electron chi connectivity index (χ2n) is 4.00. The fourth-order valence-electron chi connectivity index (χ4n) is 1.43. The van der Waals surface area contributed by atoms with E-state index in [-0.39, 0.29) is 12.6 Å². The van der Waals surface area contributed by atoms with Crippen LogP contribution in [0.1, 0.15) is 32.6 Å².